The molecule has 0 saturated carbocycles. The quantitative estimate of drug-likeness (QED) is 0.899. The van der Waals surface area contributed by atoms with Crippen LogP contribution in [0.5, 0.6) is 0 Å². The number of aliphatic carboxylic acids is 1. The van der Waals surface area contributed by atoms with Gasteiger partial charge in [-0.05, 0) is 31.9 Å². The zero-order chi connectivity index (χ0) is 17.1. The number of benzene rings is 1. The van der Waals surface area contributed by atoms with Crippen LogP contribution in [0.15, 0.2) is 24.3 Å². The van der Waals surface area contributed by atoms with Crippen LogP contribution < -0.4 is 5.32 Å². The minimum Gasteiger partial charge on any atom is -0.481 e. The smallest absolute Gasteiger partial charge is 0.317 e. The van der Waals surface area contributed by atoms with Crippen LogP contribution in [0.2, 0.25) is 0 Å². The molecule has 1 fully saturated rings. The largest absolute Gasteiger partial charge is 0.481 e. The van der Waals surface area contributed by atoms with Crippen LogP contribution >= 0.6 is 0 Å². The molecule has 7 nitrogen and oxygen atoms in total. The van der Waals surface area contributed by atoms with Gasteiger partial charge < -0.3 is 19.9 Å². The Morgan fingerprint density at radius 3 is 2.71 bits per heavy atom. The van der Waals surface area contributed by atoms with Crippen LogP contribution in [0, 0.1) is 6.92 Å². The minimum absolute atomic E-state index is 0.0531. The molecule has 3 rings (SSSR count). The molecule has 1 aliphatic rings. The number of carbonyl (C=O) groups excluding carboxylic acids is 1. The number of para-hydroxylation sites is 2. The summed E-state index contributed by atoms with van der Waals surface area (Å²) in [6.45, 7) is 3.51. The molecular weight excluding hydrogens is 308 g/mol. The van der Waals surface area contributed by atoms with Crippen LogP contribution in [0.3, 0.4) is 0 Å². The fourth-order valence-corrected chi connectivity index (χ4v) is 3.34. The number of nitrogens with zero attached hydrogens (tertiary/aromatic N) is 3. The maximum Gasteiger partial charge on any atom is 0.317 e. The fraction of sp³-hybridized carbons (Fsp3) is 0.471. The van der Waals surface area contributed by atoms with E-state index in [0.29, 0.717) is 19.1 Å². The zero-order valence-corrected chi connectivity index (χ0v) is 13.7. The lowest BCUT2D eigenvalue weighted by Crippen LogP contribution is -2.45. The molecule has 2 amide bonds. The molecule has 0 unspecified atom stereocenters. The van der Waals surface area contributed by atoms with Gasteiger partial charge in [0.15, 0.2) is 0 Å². The lowest BCUT2D eigenvalue weighted by molar-refractivity contribution is -0.136. The maximum atomic E-state index is 12.1. The number of imidazole rings is 1. The van der Waals surface area contributed by atoms with Crippen molar-refractivity contribution in [3.05, 3.63) is 30.1 Å². The van der Waals surface area contributed by atoms with E-state index in [-0.39, 0.29) is 19.0 Å². The van der Waals surface area contributed by atoms with Crippen molar-refractivity contribution in [3.8, 4) is 0 Å². The van der Waals surface area contributed by atoms with Gasteiger partial charge in [0, 0.05) is 25.7 Å². The summed E-state index contributed by atoms with van der Waals surface area (Å²) in [6.07, 6.45) is 1.68. The van der Waals surface area contributed by atoms with E-state index in [0.717, 1.165) is 29.7 Å². The first-order valence-corrected chi connectivity index (χ1v) is 8.24. The molecule has 2 heterocycles. The van der Waals surface area contributed by atoms with Crippen molar-refractivity contribution in [2.75, 3.05) is 19.6 Å². The Bertz CT molecular complexity index is 747. The average Bonchev–Trinajstić information content (AvgIpc) is 2.90. The predicted octanol–water partition coefficient (Wildman–Crippen LogP) is 2.17. The molecule has 0 atom stereocenters. The van der Waals surface area contributed by atoms with Crippen LogP contribution in [-0.4, -0.2) is 51.2 Å². The number of nitrogens with one attached hydrogen (secondary N) is 1. The highest BCUT2D eigenvalue weighted by Gasteiger charge is 2.25. The number of piperidine rings is 1. The van der Waals surface area contributed by atoms with Gasteiger partial charge in [0.2, 0.25) is 0 Å². The number of aryl methyl sites for hydroxylation is 1. The number of amides is 2. The van der Waals surface area contributed by atoms with Gasteiger partial charge in [0.05, 0.1) is 17.5 Å². The summed E-state index contributed by atoms with van der Waals surface area (Å²) in [4.78, 5) is 28.9. The number of hydrogen-bond donors (Lipinski definition) is 2. The van der Waals surface area contributed by atoms with Gasteiger partial charge in [0.25, 0.3) is 0 Å². The molecule has 0 radical (unpaired) electrons. The van der Waals surface area contributed by atoms with E-state index < -0.39 is 5.97 Å². The number of carbonyl (C=O) groups is 2. The molecule has 0 bridgehead atoms. The number of urea groups is 1. The Labute approximate surface area is 140 Å². The summed E-state index contributed by atoms with van der Waals surface area (Å²) in [5.41, 5.74) is 2.14. The summed E-state index contributed by atoms with van der Waals surface area (Å²) in [5, 5.41) is 11.3. The first-order valence-electron chi connectivity index (χ1n) is 8.24. The molecule has 0 aliphatic carbocycles. The fourth-order valence-electron chi connectivity index (χ4n) is 3.34. The molecule has 2 N–H and O–H groups in total. The highest BCUT2D eigenvalue weighted by atomic mass is 16.4. The van der Waals surface area contributed by atoms with Gasteiger partial charge in [-0.1, -0.05) is 12.1 Å². The second kappa shape index (κ2) is 6.90. The number of carboxylic acid groups (broad SMARTS) is 1. The van der Waals surface area contributed by atoms with Crippen LogP contribution in [0.1, 0.15) is 31.1 Å². The Hall–Kier alpha value is -2.57. The third-order valence-corrected chi connectivity index (χ3v) is 4.50. The molecule has 1 aliphatic heterocycles. The molecule has 2 aromatic rings. The zero-order valence-electron chi connectivity index (χ0n) is 13.7. The van der Waals surface area contributed by atoms with E-state index in [9.17, 15) is 9.59 Å². The lowest BCUT2D eigenvalue weighted by atomic mass is 10.0. The molecule has 1 aromatic heterocycles. The molecular formula is C17H22N4O3. The standard InChI is InChI=1S/C17H22N4O3/c1-12-19-14-4-2-3-5-15(14)21(12)13-7-10-20(11-8-13)17(24)18-9-6-16(22)23/h2-5,13H,6-11H2,1H3,(H,18,24)(H,22,23). The number of carboxylic acids is 1. The van der Waals surface area contributed by atoms with Gasteiger partial charge >= 0.3 is 12.0 Å². The normalized spacial score (nSPS) is 15.6. The molecule has 128 valence electrons. The number of fused-ring (bicyclic) bond motifs is 1. The van der Waals surface area contributed by atoms with Gasteiger partial charge in [-0.15, -0.1) is 0 Å². The van der Waals surface area contributed by atoms with Crippen molar-refractivity contribution in [2.24, 2.45) is 0 Å². The second-order valence-corrected chi connectivity index (χ2v) is 6.11. The Kier molecular flexibility index (Phi) is 4.69. The first kappa shape index (κ1) is 16.3. The summed E-state index contributed by atoms with van der Waals surface area (Å²) in [5.74, 6) is 0.0945. The molecule has 1 saturated heterocycles. The van der Waals surface area contributed by atoms with Gasteiger partial charge in [-0.25, -0.2) is 9.78 Å². The summed E-state index contributed by atoms with van der Waals surface area (Å²) in [7, 11) is 0. The van der Waals surface area contributed by atoms with E-state index in [1.807, 2.05) is 25.1 Å². The lowest BCUT2D eigenvalue weighted by Gasteiger charge is -2.33. The third-order valence-electron chi connectivity index (χ3n) is 4.50. The van der Waals surface area contributed by atoms with Crippen molar-refractivity contribution < 1.29 is 14.7 Å². The van der Waals surface area contributed by atoms with Crippen molar-refractivity contribution in [1.82, 2.24) is 19.8 Å². The van der Waals surface area contributed by atoms with E-state index >= 15 is 0 Å². The van der Waals surface area contributed by atoms with Gasteiger partial charge in [-0.3, -0.25) is 4.79 Å². The molecule has 1 aromatic carbocycles. The Balaban J connectivity index is 1.61. The SMILES string of the molecule is Cc1nc2ccccc2n1C1CCN(C(=O)NCCC(=O)O)CC1. The second-order valence-electron chi connectivity index (χ2n) is 6.11. The Morgan fingerprint density at radius 1 is 1.29 bits per heavy atom. The third kappa shape index (κ3) is 3.34. The number of hydrogen-bond acceptors (Lipinski definition) is 3. The number of likely N-dealkylation sites (tertiary alicyclic amines) is 1. The summed E-state index contributed by atoms with van der Waals surface area (Å²) in [6, 6.07) is 8.26. The highest BCUT2D eigenvalue weighted by molar-refractivity contribution is 5.76. The average molecular weight is 330 g/mol. The van der Waals surface area contributed by atoms with E-state index in [2.05, 4.69) is 20.9 Å². The van der Waals surface area contributed by atoms with Crippen molar-refractivity contribution in [1.29, 1.82) is 0 Å². The van der Waals surface area contributed by atoms with Gasteiger partial charge in [0.1, 0.15) is 5.82 Å². The highest BCUT2D eigenvalue weighted by Crippen LogP contribution is 2.28. The monoisotopic (exact) mass is 330 g/mol. The Morgan fingerprint density at radius 2 is 2.00 bits per heavy atom. The number of aromatic nitrogens is 2. The molecule has 7 heteroatoms. The van der Waals surface area contributed by atoms with E-state index in [4.69, 9.17) is 5.11 Å². The summed E-state index contributed by atoms with van der Waals surface area (Å²) >= 11 is 0. The maximum absolute atomic E-state index is 12.1. The molecule has 24 heavy (non-hydrogen) atoms. The van der Waals surface area contributed by atoms with Crippen molar-refractivity contribution in [2.45, 2.75) is 32.2 Å². The van der Waals surface area contributed by atoms with Crippen molar-refractivity contribution in [3.63, 3.8) is 0 Å². The van der Waals surface area contributed by atoms with Crippen LogP contribution in [0.25, 0.3) is 11.0 Å². The van der Waals surface area contributed by atoms with E-state index in [1.165, 1.54) is 0 Å². The van der Waals surface area contributed by atoms with Crippen LogP contribution in [-0.2, 0) is 4.79 Å². The van der Waals surface area contributed by atoms with Crippen LogP contribution in [0.4, 0.5) is 4.79 Å². The molecule has 0 spiro atoms. The van der Waals surface area contributed by atoms with E-state index in [1.54, 1.807) is 4.90 Å². The summed E-state index contributed by atoms with van der Waals surface area (Å²) < 4.78 is 2.27. The minimum atomic E-state index is -0.906. The predicted molar refractivity (Wildman–Crippen MR) is 90.0 cm³/mol. The van der Waals surface area contributed by atoms with Gasteiger partial charge in [-0.2, -0.15) is 0 Å². The first-order chi connectivity index (χ1) is 11.6. The number of rotatable bonds is 4. The topological polar surface area (TPSA) is 87.5 Å². The van der Waals surface area contributed by atoms with Crippen molar-refractivity contribution >= 4 is 23.0 Å².